The highest BCUT2D eigenvalue weighted by atomic mass is 16.6. The van der Waals surface area contributed by atoms with Crippen molar-refractivity contribution in [3.63, 3.8) is 0 Å². The molecule has 1 aromatic carbocycles. The summed E-state index contributed by atoms with van der Waals surface area (Å²) in [7, 11) is 0. The van der Waals surface area contributed by atoms with E-state index < -0.39 is 23.7 Å². The zero-order valence-corrected chi connectivity index (χ0v) is 11.9. The second-order valence-corrected chi connectivity index (χ2v) is 5.93. The van der Waals surface area contributed by atoms with Crippen LogP contribution in [0.3, 0.4) is 0 Å². The molecule has 1 aliphatic heterocycles. The smallest absolute Gasteiger partial charge is 0.411 e. The number of carbonyl (C=O) groups excluding carboxylic acids is 1. The summed E-state index contributed by atoms with van der Waals surface area (Å²) in [6.07, 6.45) is 0.687. The van der Waals surface area contributed by atoms with Gasteiger partial charge in [-0.05, 0) is 38.3 Å². The molecule has 3 rings (SSSR count). The second kappa shape index (κ2) is 5.15. The predicted molar refractivity (Wildman–Crippen MR) is 73.6 cm³/mol. The monoisotopic (exact) mass is 277 g/mol. The Labute approximate surface area is 118 Å². The maximum absolute atomic E-state index is 11.2. The third-order valence-electron chi connectivity index (χ3n) is 2.90. The van der Waals surface area contributed by atoms with Gasteiger partial charge < -0.3 is 9.84 Å². The minimum absolute atomic E-state index is 0.254. The van der Waals surface area contributed by atoms with Gasteiger partial charge in [0, 0.05) is 0 Å². The van der Waals surface area contributed by atoms with Gasteiger partial charge in [0.1, 0.15) is 5.60 Å². The van der Waals surface area contributed by atoms with Gasteiger partial charge in [0.15, 0.2) is 6.04 Å². The number of ether oxygens (including phenoxy) is 1. The Morgan fingerprint density at radius 1 is 1.25 bits per heavy atom. The first-order chi connectivity index (χ1) is 9.28. The second-order valence-electron chi connectivity index (χ2n) is 5.93. The van der Waals surface area contributed by atoms with E-state index in [1.54, 1.807) is 20.8 Å². The van der Waals surface area contributed by atoms with Crippen LogP contribution in [-0.2, 0) is 16.0 Å². The first kappa shape index (κ1) is 14.4. The number of carboxylic acids is 1. The molecule has 108 valence electrons. The Hall–Kier alpha value is -2.04. The first-order valence-corrected chi connectivity index (χ1v) is 6.57. The van der Waals surface area contributed by atoms with Crippen molar-refractivity contribution < 1.29 is 19.4 Å². The van der Waals surface area contributed by atoms with E-state index in [1.807, 2.05) is 0 Å². The third kappa shape index (κ3) is 3.98. The highest BCUT2D eigenvalue weighted by Gasteiger charge is 2.46. The Bertz CT molecular complexity index is 512. The first-order valence-electron chi connectivity index (χ1n) is 6.57. The maximum Gasteiger partial charge on any atom is 0.411 e. The van der Waals surface area contributed by atoms with Crippen LogP contribution >= 0.6 is 0 Å². The standard InChI is InChI=1S/C8H13NO4.C7H6/c1-8(2,3)13-7(12)9-4-5(9)6(10)11;1-2-4-7-5-6(7)3-1/h5H,4H2,1-3H3,(H,10,11);1-4H,5H2. The summed E-state index contributed by atoms with van der Waals surface area (Å²) in [6.45, 7) is 5.47. The molecule has 5 nitrogen and oxygen atoms in total. The van der Waals surface area contributed by atoms with E-state index in [0.717, 1.165) is 0 Å². The summed E-state index contributed by atoms with van der Waals surface area (Å²) in [5, 5.41) is 8.52. The molecule has 1 saturated heterocycles. The lowest BCUT2D eigenvalue weighted by Crippen LogP contribution is -2.29. The lowest BCUT2D eigenvalue weighted by atomic mass is 10.2. The van der Waals surface area contributed by atoms with Crippen molar-refractivity contribution in [2.75, 3.05) is 6.54 Å². The largest absolute Gasteiger partial charge is 0.480 e. The SMILES string of the molecule is CC(C)(C)OC(=O)N1CC1C(=O)O.c1ccc2c(c1)C2. The molecule has 0 spiro atoms. The molecule has 0 aromatic heterocycles. The van der Waals surface area contributed by atoms with Crippen LogP contribution in [0.5, 0.6) is 0 Å². The van der Waals surface area contributed by atoms with Crippen LogP contribution in [0.4, 0.5) is 4.79 Å². The molecular weight excluding hydrogens is 258 g/mol. The zero-order chi connectivity index (χ0) is 14.9. The molecule has 0 radical (unpaired) electrons. The van der Waals surface area contributed by atoms with E-state index in [9.17, 15) is 9.59 Å². The maximum atomic E-state index is 11.2. The van der Waals surface area contributed by atoms with Crippen molar-refractivity contribution in [2.24, 2.45) is 0 Å². The molecule has 20 heavy (non-hydrogen) atoms. The predicted octanol–water partition coefficient (Wildman–Crippen LogP) is 2.28. The molecule has 1 atom stereocenters. The van der Waals surface area contributed by atoms with E-state index in [0.29, 0.717) is 0 Å². The quantitative estimate of drug-likeness (QED) is 0.812. The summed E-state index contributed by atoms with van der Waals surface area (Å²) >= 11 is 0. The van der Waals surface area contributed by atoms with Gasteiger partial charge in [0.25, 0.3) is 0 Å². The average Bonchev–Trinajstić information content (AvgIpc) is 3.21. The number of nitrogens with zero attached hydrogens (tertiary/aromatic N) is 1. The molecule has 1 unspecified atom stereocenters. The molecule has 1 aromatic rings. The van der Waals surface area contributed by atoms with Gasteiger partial charge in [0.2, 0.25) is 0 Å². The number of rotatable bonds is 1. The highest BCUT2D eigenvalue weighted by molar-refractivity contribution is 5.85. The number of aliphatic carboxylic acids is 1. The van der Waals surface area contributed by atoms with Gasteiger partial charge in [-0.3, -0.25) is 4.90 Å². The Morgan fingerprint density at radius 3 is 2.15 bits per heavy atom. The van der Waals surface area contributed by atoms with Gasteiger partial charge in [-0.2, -0.15) is 0 Å². The Morgan fingerprint density at radius 2 is 1.80 bits per heavy atom. The molecule has 1 amide bonds. The van der Waals surface area contributed by atoms with Crippen molar-refractivity contribution in [3.05, 3.63) is 35.4 Å². The topological polar surface area (TPSA) is 66.6 Å². The molecule has 1 aliphatic carbocycles. The Kier molecular flexibility index (Phi) is 3.70. The van der Waals surface area contributed by atoms with Crippen LogP contribution in [0.15, 0.2) is 24.3 Å². The van der Waals surface area contributed by atoms with Gasteiger partial charge in [-0.25, -0.2) is 9.59 Å². The minimum atomic E-state index is -0.981. The van der Waals surface area contributed by atoms with Gasteiger partial charge in [0.05, 0.1) is 6.54 Å². The normalized spacial score (nSPS) is 18.4. The molecule has 1 fully saturated rings. The molecule has 1 N–H and O–H groups in total. The fourth-order valence-electron chi connectivity index (χ4n) is 1.71. The van der Waals surface area contributed by atoms with E-state index >= 15 is 0 Å². The Balaban J connectivity index is 0.000000173. The average molecular weight is 277 g/mol. The summed E-state index contributed by atoms with van der Waals surface area (Å²) in [4.78, 5) is 22.7. The highest BCUT2D eigenvalue weighted by Crippen LogP contribution is 2.25. The number of carboxylic acid groups (broad SMARTS) is 1. The van der Waals surface area contributed by atoms with Crippen molar-refractivity contribution in [2.45, 2.75) is 38.8 Å². The minimum Gasteiger partial charge on any atom is -0.480 e. The fraction of sp³-hybridized carbons (Fsp3) is 0.467. The van der Waals surface area contributed by atoms with Gasteiger partial charge >= 0.3 is 12.1 Å². The third-order valence-corrected chi connectivity index (χ3v) is 2.90. The zero-order valence-electron chi connectivity index (χ0n) is 11.9. The molecule has 5 heteroatoms. The van der Waals surface area contributed by atoms with E-state index in [-0.39, 0.29) is 6.54 Å². The number of carbonyl (C=O) groups is 2. The number of amides is 1. The molecule has 2 aliphatic rings. The van der Waals surface area contributed by atoms with Crippen molar-refractivity contribution in [3.8, 4) is 0 Å². The van der Waals surface area contributed by atoms with Crippen LogP contribution in [0.2, 0.25) is 0 Å². The summed E-state index contributed by atoms with van der Waals surface area (Å²) in [5.41, 5.74) is 2.49. The number of benzene rings is 1. The molecular formula is C15H19NO4. The van der Waals surface area contributed by atoms with Crippen molar-refractivity contribution in [1.82, 2.24) is 4.90 Å². The van der Waals surface area contributed by atoms with Crippen LogP contribution in [0, 0.1) is 0 Å². The van der Waals surface area contributed by atoms with E-state index in [4.69, 9.17) is 9.84 Å². The number of hydrogen-bond acceptors (Lipinski definition) is 3. The number of fused-ring (bicyclic) bond motifs is 1. The van der Waals surface area contributed by atoms with Gasteiger partial charge in [-0.1, -0.05) is 24.3 Å². The van der Waals surface area contributed by atoms with Crippen molar-refractivity contribution >= 4 is 12.1 Å². The summed E-state index contributed by atoms with van der Waals surface area (Å²) < 4.78 is 4.97. The summed E-state index contributed by atoms with van der Waals surface area (Å²) in [5.74, 6) is -0.981. The van der Waals surface area contributed by atoms with E-state index in [2.05, 4.69) is 24.3 Å². The van der Waals surface area contributed by atoms with E-state index in [1.165, 1.54) is 22.4 Å². The molecule has 1 heterocycles. The molecule has 0 bridgehead atoms. The number of hydrogen-bond donors (Lipinski definition) is 1. The van der Waals surface area contributed by atoms with Crippen LogP contribution in [0.1, 0.15) is 31.9 Å². The lowest BCUT2D eigenvalue weighted by Gasteiger charge is -2.19. The lowest BCUT2D eigenvalue weighted by molar-refractivity contribution is -0.137. The fourth-order valence-corrected chi connectivity index (χ4v) is 1.71. The van der Waals surface area contributed by atoms with Crippen LogP contribution in [0.25, 0.3) is 0 Å². The van der Waals surface area contributed by atoms with Crippen molar-refractivity contribution in [1.29, 1.82) is 0 Å². The molecule has 0 saturated carbocycles. The van der Waals surface area contributed by atoms with Crippen LogP contribution < -0.4 is 0 Å². The van der Waals surface area contributed by atoms with Crippen LogP contribution in [-0.4, -0.2) is 40.3 Å². The van der Waals surface area contributed by atoms with Gasteiger partial charge in [-0.15, -0.1) is 0 Å². The summed E-state index contributed by atoms with van der Waals surface area (Å²) in [6, 6.07) is 7.84.